The van der Waals surface area contributed by atoms with Crippen LogP contribution in [-0.4, -0.2) is 0 Å². The molecule has 0 atom stereocenters. The summed E-state index contributed by atoms with van der Waals surface area (Å²) in [4.78, 5) is 2.41. The lowest BCUT2D eigenvalue weighted by atomic mass is 9.82. The number of para-hydroxylation sites is 2. The van der Waals surface area contributed by atoms with Crippen LogP contribution >= 0.6 is 0 Å². The normalized spacial score (nSPS) is 12.9. The van der Waals surface area contributed by atoms with Crippen molar-refractivity contribution in [1.29, 1.82) is 0 Å². The molecular formula is C51H37NO. The predicted molar refractivity (Wildman–Crippen MR) is 222 cm³/mol. The van der Waals surface area contributed by atoms with Crippen LogP contribution in [0, 0.1) is 0 Å². The van der Waals surface area contributed by atoms with E-state index in [0.29, 0.717) is 0 Å². The van der Waals surface area contributed by atoms with Crippen molar-refractivity contribution in [3.05, 3.63) is 199 Å². The SMILES string of the molecule is CC1(C)c2ccccc2-c2cc(-c3ccccc3N(c3ccc(-c4ccc5oc6ccccc6c5c4)cc3)c3cccc(-c4ccccc4)c3)ccc21. The van der Waals surface area contributed by atoms with E-state index in [1.807, 2.05) is 12.1 Å². The van der Waals surface area contributed by atoms with Crippen LogP contribution in [0.4, 0.5) is 17.1 Å². The summed E-state index contributed by atoms with van der Waals surface area (Å²) >= 11 is 0. The Bertz CT molecular complexity index is 2810. The Balaban J connectivity index is 1.11. The second-order valence-corrected chi connectivity index (χ2v) is 14.6. The first kappa shape index (κ1) is 31.1. The molecule has 1 aliphatic rings. The van der Waals surface area contributed by atoms with Crippen molar-refractivity contribution >= 4 is 39.0 Å². The highest BCUT2D eigenvalue weighted by Crippen LogP contribution is 2.50. The highest BCUT2D eigenvalue weighted by atomic mass is 16.3. The first-order valence-electron chi connectivity index (χ1n) is 18.3. The second-order valence-electron chi connectivity index (χ2n) is 14.6. The molecule has 252 valence electrons. The number of fused-ring (bicyclic) bond motifs is 6. The number of hydrogen-bond donors (Lipinski definition) is 0. The summed E-state index contributed by atoms with van der Waals surface area (Å²) in [5.74, 6) is 0. The lowest BCUT2D eigenvalue weighted by molar-refractivity contribution is 0.660. The molecule has 1 aliphatic carbocycles. The number of anilines is 3. The number of benzene rings is 8. The topological polar surface area (TPSA) is 16.4 Å². The van der Waals surface area contributed by atoms with Gasteiger partial charge < -0.3 is 9.32 Å². The minimum absolute atomic E-state index is 0.0368. The Labute approximate surface area is 310 Å². The molecule has 0 radical (unpaired) electrons. The molecule has 2 heteroatoms. The summed E-state index contributed by atoms with van der Waals surface area (Å²) in [5, 5.41) is 2.27. The maximum absolute atomic E-state index is 6.13. The van der Waals surface area contributed by atoms with E-state index in [4.69, 9.17) is 4.42 Å². The lowest BCUT2D eigenvalue weighted by Gasteiger charge is -2.29. The Kier molecular flexibility index (Phi) is 7.19. The molecule has 0 saturated heterocycles. The van der Waals surface area contributed by atoms with Crippen molar-refractivity contribution in [1.82, 2.24) is 0 Å². The van der Waals surface area contributed by atoms with Crippen LogP contribution in [0.3, 0.4) is 0 Å². The van der Waals surface area contributed by atoms with Gasteiger partial charge in [-0.25, -0.2) is 0 Å². The van der Waals surface area contributed by atoms with Gasteiger partial charge in [-0.1, -0.05) is 147 Å². The Morgan fingerprint density at radius 1 is 0.377 bits per heavy atom. The van der Waals surface area contributed by atoms with Crippen LogP contribution in [0.2, 0.25) is 0 Å². The summed E-state index contributed by atoms with van der Waals surface area (Å²) in [6, 6.07) is 68.0. The fraction of sp³-hybridized carbons (Fsp3) is 0.0588. The molecule has 0 amide bonds. The Morgan fingerprint density at radius 2 is 1.00 bits per heavy atom. The van der Waals surface area contributed by atoms with Gasteiger partial charge in [0.15, 0.2) is 0 Å². The zero-order chi connectivity index (χ0) is 35.5. The van der Waals surface area contributed by atoms with E-state index >= 15 is 0 Å². The van der Waals surface area contributed by atoms with Crippen LogP contribution in [-0.2, 0) is 5.41 Å². The fourth-order valence-corrected chi connectivity index (χ4v) is 8.39. The summed E-state index contributed by atoms with van der Waals surface area (Å²) in [5.41, 5.74) is 17.6. The average Bonchev–Trinajstić information content (AvgIpc) is 3.70. The van der Waals surface area contributed by atoms with Crippen molar-refractivity contribution in [2.75, 3.05) is 4.90 Å². The maximum Gasteiger partial charge on any atom is 0.135 e. The van der Waals surface area contributed by atoms with Crippen molar-refractivity contribution < 1.29 is 4.42 Å². The molecule has 9 aromatic rings. The van der Waals surface area contributed by atoms with E-state index in [1.165, 1.54) is 44.5 Å². The van der Waals surface area contributed by atoms with Gasteiger partial charge in [-0.15, -0.1) is 0 Å². The smallest absolute Gasteiger partial charge is 0.135 e. The molecule has 1 aromatic heterocycles. The average molecular weight is 680 g/mol. The lowest BCUT2D eigenvalue weighted by Crippen LogP contribution is -2.14. The standard InChI is InChI=1S/C51H37NO/c1-51(2)46-20-9-6-18-42(46)44-33-38(25-29-47(44)51)41-17-7-10-21-48(41)52(40-16-12-15-36(31-40)34-13-4-3-5-14-34)39-27-23-35(24-28-39)37-26-30-50-45(32-37)43-19-8-11-22-49(43)53-50/h3-33H,1-2H3. The van der Waals surface area contributed by atoms with Crippen LogP contribution in [0.1, 0.15) is 25.0 Å². The Hall–Kier alpha value is -6.64. The van der Waals surface area contributed by atoms with Crippen LogP contribution in [0.25, 0.3) is 66.4 Å². The third kappa shape index (κ3) is 5.18. The molecule has 0 unspecified atom stereocenters. The minimum Gasteiger partial charge on any atom is -0.456 e. The second kappa shape index (κ2) is 12.3. The van der Waals surface area contributed by atoms with Gasteiger partial charge in [-0.05, 0) is 105 Å². The van der Waals surface area contributed by atoms with Gasteiger partial charge in [-0.3, -0.25) is 0 Å². The zero-order valence-corrected chi connectivity index (χ0v) is 29.8. The first-order chi connectivity index (χ1) is 26.0. The van der Waals surface area contributed by atoms with Crippen LogP contribution < -0.4 is 4.90 Å². The van der Waals surface area contributed by atoms with Crippen LogP contribution in [0.15, 0.2) is 192 Å². The first-order valence-corrected chi connectivity index (χ1v) is 18.3. The largest absolute Gasteiger partial charge is 0.456 e. The van der Waals surface area contributed by atoms with Gasteiger partial charge in [0.1, 0.15) is 11.2 Å². The molecule has 1 heterocycles. The van der Waals surface area contributed by atoms with E-state index in [0.717, 1.165) is 50.1 Å². The van der Waals surface area contributed by atoms with E-state index < -0.39 is 0 Å². The van der Waals surface area contributed by atoms with Gasteiger partial charge in [0.2, 0.25) is 0 Å². The number of furan rings is 1. The molecule has 0 aliphatic heterocycles. The van der Waals surface area contributed by atoms with E-state index in [9.17, 15) is 0 Å². The highest BCUT2D eigenvalue weighted by molar-refractivity contribution is 6.06. The summed E-state index contributed by atoms with van der Waals surface area (Å²) in [6.45, 7) is 4.68. The van der Waals surface area contributed by atoms with Gasteiger partial charge in [-0.2, -0.15) is 0 Å². The molecule has 0 saturated carbocycles. The van der Waals surface area contributed by atoms with Gasteiger partial charge in [0, 0.05) is 33.1 Å². The molecule has 0 spiro atoms. The van der Waals surface area contributed by atoms with E-state index in [-0.39, 0.29) is 5.41 Å². The van der Waals surface area contributed by atoms with E-state index in [1.54, 1.807) is 0 Å². The van der Waals surface area contributed by atoms with Gasteiger partial charge >= 0.3 is 0 Å². The summed E-state index contributed by atoms with van der Waals surface area (Å²) in [7, 11) is 0. The number of hydrogen-bond acceptors (Lipinski definition) is 2. The molecule has 10 rings (SSSR count). The molecule has 0 bridgehead atoms. The molecule has 8 aromatic carbocycles. The van der Waals surface area contributed by atoms with Crippen molar-refractivity contribution in [2.24, 2.45) is 0 Å². The van der Waals surface area contributed by atoms with Crippen molar-refractivity contribution in [3.63, 3.8) is 0 Å². The van der Waals surface area contributed by atoms with Gasteiger partial charge in [0.05, 0.1) is 5.69 Å². The van der Waals surface area contributed by atoms with Crippen molar-refractivity contribution in [2.45, 2.75) is 19.3 Å². The molecular weight excluding hydrogens is 643 g/mol. The van der Waals surface area contributed by atoms with E-state index in [2.05, 4.69) is 195 Å². The third-order valence-corrected chi connectivity index (χ3v) is 11.1. The predicted octanol–water partition coefficient (Wildman–Crippen LogP) is 14.4. The summed E-state index contributed by atoms with van der Waals surface area (Å²) < 4.78 is 6.13. The molecule has 53 heavy (non-hydrogen) atoms. The highest BCUT2D eigenvalue weighted by Gasteiger charge is 2.35. The molecule has 0 fully saturated rings. The number of rotatable bonds is 6. The zero-order valence-electron chi connectivity index (χ0n) is 29.8. The molecule has 2 nitrogen and oxygen atoms in total. The maximum atomic E-state index is 6.13. The monoisotopic (exact) mass is 679 g/mol. The fourth-order valence-electron chi connectivity index (χ4n) is 8.39. The number of nitrogens with zero attached hydrogens (tertiary/aromatic N) is 1. The van der Waals surface area contributed by atoms with Crippen LogP contribution in [0.5, 0.6) is 0 Å². The minimum atomic E-state index is -0.0368. The summed E-state index contributed by atoms with van der Waals surface area (Å²) in [6.07, 6.45) is 0. The van der Waals surface area contributed by atoms with Crippen molar-refractivity contribution in [3.8, 4) is 44.5 Å². The quantitative estimate of drug-likeness (QED) is 0.174. The third-order valence-electron chi connectivity index (χ3n) is 11.1. The van der Waals surface area contributed by atoms with Gasteiger partial charge in [0.25, 0.3) is 0 Å². The Morgan fingerprint density at radius 3 is 1.87 bits per heavy atom. The molecule has 0 N–H and O–H groups in total.